The van der Waals surface area contributed by atoms with Gasteiger partial charge < -0.3 is 10.3 Å². The van der Waals surface area contributed by atoms with Crippen molar-refractivity contribution in [3.63, 3.8) is 0 Å². The summed E-state index contributed by atoms with van der Waals surface area (Å²) in [6, 6.07) is 9.95. The second kappa shape index (κ2) is 8.10. The minimum absolute atomic E-state index is 0.0483. The van der Waals surface area contributed by atoms with Gasteiger partial charge in [0.2, 0.25) is 5.91 Å². The highest BCUT2D eigenvalue weighted by atomic mass is 19.1. The average Bonchev–Trinajstić information content (AvgIpc) is 3.26. The number of carbonyl (C=O) groups is 1. The fraction of sp³-hybridized carbons (Fsp3) is 0.280. The Hall–Kier alpha value is -3.55. The topological polar surface area (TPSA) is 62.7 Å². The van der Waals surface area contributed by atoms with E-state index in [1.165, 1.54) is 18.2 Å². The maximum absolute atomic E-state index is 14.5. The van der Waals surface area contributed by atoms with Crippen molar-refractivity contribution in [2.45, 2.75) is 32.2 Å². The summed E-state index contributed by atoms with van der Waals surface area (Å²) in [5.41, 5.74) is 4.09. The zero-order chi connectivity index (χ0) is 23.3. The minimum atomic E-state index is -0.682. The average molecular weight is 452 g/mol. The molecule has 0 aliphatic heterocycles. The SMILES string of the molecule is Cc1cc(CNC(=O)C2CC(c3c(-c4ccc(F)cc4)[nH]c4c(F)cc(F)cc34)C2)nn1C. The Morgan fingerprint density at radius 3 is 2.52 bits per heavy atom. The molecule has 1 aliphatic rings. The molecule has 0 radical (unpaired) electrons. The van der Waals surface area contributed by atoms with Crippen LogP contribution < -0.4 is 5.32 Å². The van der Waals surface area contributed by atoms with Crippen molar-refractivity contribution in [2.24, 2.45) is 13.0 Å². The molecule has 4 aromatic rings. The number of nitrogens with one attached hydrogen (secondary N) is 2. The zero-order valence-corrected chi connectivity index (χ0v) is 18.3. The second-order valence-electron chi connectivity index (χ2n) is 8.71. The first-order chi connectivity index (χ1) is 15.8. The Balaban J connectivity index is 1.39. The van der Waals surface area contributed by atoms with Crippen molar-refractivity contribution in [2.75, 3.05) is 0 Å². The smallest absolute Gasteiger partial charge is 0.223 e. The van der Waals surface area contributed by atoms with Gasteiger partial charge in [-0.15, -0.1) is 0 Å². The first-order valence-corrected chi connectivity index (χ1v) is 10.8. The minimum Gasteiger partial charge on any atom is -0.352 e. The van der Waals surface area contributed by atoms with Crippen LogP contribution in [-0.2, 0) is 18.4 Å². The first-order valence-electron chi connectivity index (χ1n) is 10.8. The van der Waals surface area contributed by atoms with Crippen LogP contribution in [0.5, 0.6) is 0 Å². The number of amides is 1. The van der Waals surface area contributed by atoms with E-state index in [2.05, 4.69) is 15.4 Å². The van der Waals surface area contributed by atoms with Crippen molar-refractivity contribution in [3.05, 3.63) is 76.9 Å². The molecule has 1 saturated carbocycles. The maximum atomic E-state index is 14.5. The van der Waals surface area contributed by atoms with E-state index in [-0.39, 0.29) is 29.1 Å². The lowest BCUT2D eigenvalue weighted by Gasteiger charge is -2.35. The van der Waals surface area contributed by atoms with E-state index in [0.717, 1.165) is 23.0 Å². The van der Waals surface area contributed by atoms with Gasteiger partial charge in [-0.05, 0) is 73.2 Å². The lowest BCUT2D eigenvalue weighted by atomic mass is 9.70. The molecule has 1 fully saturated rings. The third kappa shape index (κ3) is 3.90. The summed E-state index contributed by atoms with van der Waals surface area (Å²) < 4.78 is 43.8. The van der Waals surface area contributed by atoms with Gasteiger partial charge in [-0.1, -0.05) is 0 Å². The van der Waals surface area contributed by atoms with Crippen LogP contribution in [-0.4, -0.2) is 20.7 Å². The normalized spacial score (nSPS) is 17.8. The van der Waals surface area contributed by atoms with E-state index in [1.54, 1.807) is 16.8 Å². The van der Waals surface area contributed by atoms with Crippen LogP contribution in [0.25, 0.3) is 22.2 Å². The number of hydrogen-bond acceptors (Lipinski definition) is 2. The standard InChI is InChI=1S/C25H23F3N4O/c1-13-7-19(31-32(13)2)12-29-25(33)16-8-15(9-16)22-20-10-18(27)11-21(28)24(20)30-23(22)14-3-5-17(26)6-4-14/h3-7,10-11,15-16,30H,8-9,12H2,1-2H3,(H,29,33). The Morgan fingerprint density at radius 1 is 1.12 bits per heavy atom. The monoisotopic (exact) mass is 452 g/mol. The molecule has 2 N–H and O–H groups in total. The molecule has 1 aliphatic carbocycles. The van der Waals surface area contributed by atoms with Crippen LogP contribution in [0.1, 0.15) is 35.7 Å². The van der Waals surface area contributed by atoms with Crippen LogP contribution in [0.3, 0.4) is 0 Å². The zero-order valence-electron chi connectivity index (χ0n) is 18.3. The number of halogens is 3. The molecule has 0 unspecified atom stereocenters. The summed E-state index contributed by atoms with van der Waals surface area (Å²) in [4.78, 5) is 15.7. The highest BCUT2D eigenvalue weighted by Crippen LogP contribution is 2.48. The fourth-order valence-corrected chi connectivity index (χ4v) is 4.62. The van der Waals surface area contributed by atoms with Gasteiger partial charge >= 0.3 is 0 Å². The molecule has 2 heterocycles. The summed E-state index contributed by atoms with van der Waals surface area (Å²) in [7, 11) is 1.85. The van der Waals surface area contributed by atoms with Gasteiger partial charge in [-0.25, -0.2) is 13.2 Å². The molecule has 2 aromatic carbocycles. The summed E-state index contributed by atoms with van der Waals surface area (Å²) in [5.74, 6) is -2.02. The van der Waals surface area contributed by atoms with E-state index in [4.69, 9.17) is 0 Å². The van der Waals surface area contributed by atoms with Gasteiger partial charge in [0.1, 0.15) is 17.5 Å². The van der Waals surface area contributed by atoms with E-state index in [9.17, 15) is 18.0 Å². The van der Waals surface area contributed by atoms with Crippen LogP contribution in [0.15, 0.2) is 42.5 Å². The maximum Gasteiger partial charge on any atom is 0.223 e. The predicted octanol–water partition coefficient (Wildman–Crippen LogP) is 5.10. The molecule has 0 atom stereocenters. The Labute approximate surface area is 188 Å². The van der Waals surface area contributed by atoms with Gasteiger partial charge in [0.05, 0.1) is 23.4 Å². The number of fused-ring (bicyclic) bond motifs is 1. The fourth-order valence-electron chi connectivity index (χ4n) is 4.62. The Morgan fingerprint density at radius 2 is 1.85 bits per heavy atom. The van der Waals surface area contributed by atoms with E-state index >= 15 is 0 Å². The molecule has 2 aromatic heterocycles. The summed E-state index contributed by atoms with van der Waals surface area (Å²) in [6.07, 6.45) is 1.12. The molecule has 0 saturated heterocycles. The van der Waals surface area contributed by atoms with Crippen LogP contribution in [0.4, 0.5) is 13.2 Å². The van der Waals surface area contributed by atoms with E-state index < -0.39 is 11.6 Å². The highest BCUT2D eigenvalue weighted by Gasteiger charge is 2.38. The number of rotatable bonds is 5. The summed E-state index contributed by atoms with van der Waals surface area (Å²) in [5, 5.41) is 7.73. The number of carbonyl (C=O) groups excluding carboxylic acids is 1. The molecule has 33 heavy (non-hydrogen) atoms. The molecule has 5 rings (SSSR count). The third-order valence-corrected chi connectivity index (χ3v) is 6.52. The van der Waals surface area contributed by atoms with Crippen molar-refractivity contribution in [1.82, 2.24) is 20.1 Å². The Bertz CT molecular complexity index is 1330. The lowest BCUT2D eigenvalue weighted by molar-refractivity contribution is -0.128. The van der Waals surface area contributed by atoms with E-state index in [0.29, 0.717) is 36.0 Å². The quantitative estimate of drug-likeness (QED) is 0.442. The molecule has 5 nitrogen and oxygen atoms in total. The number of nitrogens with zero attached hydrogens (tertiary/aromatic N) is 2. The molecule has 0 spiro atoms. The number of aryl methyl sites for hydroxylation is 2. The molecule has 1 amide bonds. The molecular weight excluding hydrogens is 429 g/mol. The van der Waals surface area contributed by atoms with Crippen molar-refractivity contribution in [1.29, 1.82) is 0 Å². The van der Waals surface area contributed by atoms with E-state index in [1.807, 2.05) is 20.0 Å². The second-order valence-corrected chi connectivity index (χ2v) is 8.71. The molecule has 8 heteroatoms. The van der Waals surface area contributed by atoms with Gasteiger partial charge in [-0.3, -0.25) is 9.48 Å². The first kappa shape index (κ1) is 21.3. The van der Waals surface area contributed by atoms with Gasteiger partial charge in [0.25, 0.3) is 0 Å². The third-order valence-electron chi connectivity index (χ3n) is 6.52. The number of benzene rings is 2. The van der Waals surface area contributed by atoms with Crippen LogP contribution >= 0.6 is 0 Å². The predicted molar refractivity (Wildman–Crippen MR) is 119 cm³/mol. The number of aromatic amines is 1. The lowest BCUT2D eigenvalue weighted by Crippen LogP contribution is -2.37. The largest absolute Gasteiger partial charge is 0.352 e. The highest BCUT2D eigenvalue weighted by molar-refractivity contribution is 5.92. The van der Waals surface area contributed by atoms with Crippen LogP contribution in [0.2, 0.25) is 0 Å². The van der Waals surface area contributed by atoms with Crippen molar-refractivity contribution < 1.29 is 18.0 Å². The van der Waals surface area contributed by atoms with Gasteiger partial charge in [0, 0.05) is 30.1 Å². The van der Waals surface area contributed by atoms with Crippen molar-refractivity contribution in [3.8, 4) is 11.3 Å². The van der Waals surface area contributed by atoms with Gasteiger partial charge in [0.15, 0.2) is 0 Å². The number of hydrogen-bond donors (Lipinski definition) is 2. The van der Waals surface area contributed by atoms with Gasteiger partial charge in [-0.2, -0.15) is 5.10 Å². The molecular formula is C25H23F3N4O. The van der Waals surface area contributed by atoms with Crippen molar-refractivity contribution >= 4 is 16.8 Å². The Kier molecular flexibility index (Phi) is 5.23. The molecule has 170 valence electrons. The van der Waals surface area contributed by atoms with Crippen LogP contribution in [0, 0.1) is 30.3 Å². The molecule has 0 bridgehead atoms. The summed E-state index contributed by atoms with van der Waals surface area (Å²) >= 11 is 0. The number of H-pyrrole nitrogens is 1. The number of aromatic nitrogens is 3. The summed E-state index contributed by atoms with van der Waals surface area (Å²) in [6.45, 7) is 2.30.